The number of fused-ring (bicyclic) bond motifs is 1. The number of amides is 1. The molecule has 3 aromatic rings. The van der Waals surface area contributed by atoms with E-state index >= 15 is 0 Å². The van der Waals surface area contributed by atoms with Crippen LogP contribution in [0.4, 0.5) is 5.82 Å². The number of hydrogen-bond acceptors (Lipinski definition) is 3. The summed E-state index contributed by atoms with van der Waals surface area (Å²) in [7, 11) is 0. The molecule has 5 nitrogen and oxygen atoms in total. The normalized spacial score (nSPS) is 10.5. The van der Waals surface area contributed by atoms with Crippen molar-refractivity contribution < 1.29 is 4.79 Å². The monoisotopic (exact) mass is 318 g/mol. The van der Waals surface area contributed by atoms with Crippen molar-refractivity contribution >= 4 is 22.5 Å². The van der Waals surface area contributed by atoms with Crippen molar-refractivity contribution in [3.63, 3.8) is 0 Å². The zero-order valence-corrected chi connectivity index (χ0v) is 13.5. The van der Waals surface area contributed by atoms with E-state index < -0.39 is 0 Å². The molecule has 0 fully saturated rings. The Morgan fingerprint density at radius 2 is 2.04 bits per heavy atom. The summed E-state index contributed by atoms with van der Waals surface area (Å²) in [5.74, 6) is 0.539. The van der Waals surface area contributed by atoms with Crippen molar-refractivity contribution in [2.75, 3.05) is 5.32 Å². The van der Waals surface area contributed by atoms with Crippen LogP contribution >= 0.6 is 0 Å². The molecule has 2 aromatic carbocycles. The number of nitrogens with one attached hydrogen (secondary N) is 1. The summed E-state index contributed by atoms with van der Waals surface area (Å²) in [6.07, 6.45) is 0.650. The highest BCUT2D eigenvalue weighted by Gasteiger charge is 2.11. The molecule has 120 valence electrons. The standard InChI is InChI=1S/C19H18N4O/c1-14-12-18(23(22-14)11-5-10-20)21-19(24)13-16-8-4-7-15-6-2-3-9-17(15)16/h2-4,6-9,12H,5,11,13H2,1H3,(H,21,24). The van der Waals surface area contributed by atoms with Crippen LogP contribution in [0.1, 0.15) is 17.7 Å². The summed E-state index contributed by atoms with van der Waals surface area (Å²) < 4.78 is 1.67. The Hall–Kier alpha value is -3.13. The molecular formula is C19H18N4O. The molecule has 1 heterocycles. The fourth-order valence-electron chi connectivity index (χ4n) is 2.78. The highest BCUT2D eigenvalue weighted by Crippen LogP contribution is 2.19. The van der Waals surface area contributed by atoms with Crippen LogP contribution in [-0.2, 0) is 17.8 Å². The quantitative estimate of drug-likeness (QED) is 0.783. The van der Waals surface area contributed by atoms with Gasteiger partial charge in [0.1, 0.15) is 5.82 Å². The Bertz CT molecular complexity index is 915. The second-order valence-electron chi connectivity index (χ2n) is 5.67. The molecule has 0 aliphatic heterocycles. The van der Waals surface area contributed by atoms with Gasteiger partial charge in [-0.15, -0.1) is 0 Å². The highest BCUT2D eigenvalue weighted by molar-refractivity contribution is 5.95. The van der Waals surface area contributed by atoms with Gasteiger partial charge in [-0.1, -0.05) is 42.5 Å². The van der Waals surface area contributed by atoms with E-state index in [1.165, 1.54) is 0 Å². The molecule has 0 atom stereocenters. The van der Waals surface area contributed by atoms with Crippen LogP contribution in [0.5, 0.6) is 0 Å². The first-order valence-electron chi connectivity index (χ1n) is 7.85. The molecule has 5 heteroatoms. The van der Waals surface area contributed by atoms with Crippen molar-refractivity contribution in [3.05, 3.63) is 59.8 Å². The zero-order chi connectivity index (χ0) is 16.9. The number of aryl methyl sites for hydroxylation is 2. The maximum Gasteiger partial charge on any atom is 0.229 e. The van der Waals surface area contributed by atoms with Crippen LogP contribution in [-0.4, -0.2) is 15.7 Å². The fraction of sp³-hybridized carbons (Fsp3) is 0.211. The van der Waals surface area contributed by atoms with Gasteiger partial charge in [-0.25, -0.2) is 4.68 Å². The lowest BCUT2D eigenvalue weighted by atomic mass is 10.0. The minimum Gasteiger partial charge on any atom is -0.311 e. The average molecular weight is 318 g/mol. The summed E-state index contributed by atoms with van der Waals surface area (Å²) in [6, 6.07) is 17.9. The molecule has 0 saturated heterocycles. The molecule has 1 N–H and O–H groups in total. The Kier molecular flexibility index (Phi) is 4.57. The van der Waals surface area contributed by atoms with E-state index in [0.29, 0.717) is 25.2 Å². The largest absolute Gasteiger partial charge is 0.311 e. The Morgan fingerprint density at radius 3 is 2.88 bits per heavy atom. The van der Waals surface area contributed by atoms with Crippen LogP contribution in [0.2, 0.25) is 0 Å². The lowest BCUT2D eigenvalue weighted by Gasteiger charge is -2.09. The van der Waals surface area contributed by atoms with E-state index in [9.17, 15) is 4.79 Å². The predicted octanol–water partition coefficient (Wildman–Crippen LogP) is 3.44. The predicted molar refractivity (Wildman–Crippen MR) is 93.5 cm³/mol. The van der Waals surface area contributed by atoms with Crippen LogP contribution in [0, 0.1) is 18.3 Å². The Balaban J connectivity index is 1.77. The molecule has 0 aliphatic rings. The first-order valence-corrected chi connectivity index (χ1v) is 7.85. The SMILES string of the molecule is Cc1cc(NC(=O)Cc2cccc3ccccc23)n(CCC#N)n1. The number of carbonyl (C=O) groups excluding carboxylic acids is 1. The van der Waals surface area contributed by atoms with Gasteiger partial charge in [-0.3, -0.25) is 4.79 Å². The van der Waals surface area contributed by atoms with E-state index in [1.807, 2.05) is 55.5 Å². The van der Waals surface area contributed by atoms with Crippen molar-refractivity contribution in [2.45, 2.75) is 26.3 Å². The van der Waals surface area contributed by atoms with Gasteiger partial charge in [0.25, 0.3) is 0 Å². The molecule has 1 aromatic heterocycles. The Morgan fingerprint density at radius 1 is 1.25 bits per heavy atom. The summed E-state index contributed by atoms with van der Waals surface area (Å²) in [5.41, 5.74) is 1.80. The van der Waals surface area contributed by atoms with Gasteiger partial charge >= 0.3 is 0 Å². The molecule has 0 spiro atoms. The summed E-state index contributed by atoms with van der Waals surface area (Å²) >= 11 is 0. The number of anilines is 1. The molecule has 0 unspecified atom stereocenters. The molecule has 0 bridgehead atoms. The highest BCUT2D eigenvalue weighted by atomic mass is 16.1. The first kappa shape index (κ1) is 15.8. The summed E-state index contributed by atoms with van der Waals surface area (Å²) in [6.45, 7) is 2.33. The lowest BCUT2D eigenvalue weighted by Crippen LogP contribution is -2.17. The molecule has 1 amide bonds. The number of hydrogen-bond donors (Lipinski definition) is 1. The van der Waals surface area contributed by atoms with Gasteiger partial charge in [0.05, 0.1) is 31.1 Å². The van der Waals surface area contributed by atoms with Crippen LogP contribution in [0.3, 0.4) is 0 Å². The van der Waals surface area contributed by atoms with E-state index in [1.54, 1.807) is 4.68 Å². The maximum atomic E-state index is 12.4. The van der Waals surface area contributed by atoms with Crippen molar-refractivity contribution in [2.24, 2.45) is 0 Å². The number of nitrogens with zero attached hydrogens (tertiary/aromatic N) is 3. The van der Waals surface area contributed by atoms with Crippen LogP contribution in [0.15, 0.2) is 48.5 Å². The smallest absolute Gasteiger partial charge is 0.229 e. The Labute approximate surface area is 140 Å². The zero-order valence-electron chi connectivity index (χ0n) is 13.5. The second kappa shape index (κ2) is 6.97. The van der Waals surface area contributed by atoms with Crippen molar-refractivity contribution in [1.82, 2.24) is 9.78 Å². The van der Waals surface area contributed by atoms with E-state index in [2.05, 4.69) is 16.5 Å². The van der Waals surface area contributed by atoms with Crippen molar-refractivity contribution in [1.29, 1.82) is 5.26 Å². The number of aromatic nitrogens is 2. The summed E-state index contributed by atoms with van der Waals surface area (Å²) in [5, 5.41) is 18.1. The second-order valence-corrected chi connectivity index (χ2v) is 5.67. The topological polar surface area (TPSA) is 70.7 Å². The van der Waals surface area contributed by atoms with Crippen LogP contribution < -0.4 is 5.32 Å². The number of carbonyl (C=O) groups is 1. The first-order chi connectivity index (χ1) is 11.7. The van der Waals surface area contributed by atoms with Crippen LogP contribution in [0.25, 0.3) is 10.8 Å². The molecule has 0 saturated carbocycles. The minimum atomic E-state index is -0.0931. The lowest BCUT2D eigenvalue weighted by molar-refractivity contribution is -0.115. The third kappa shape index (κ3) is 3.44. The number of rotatable bonds is 5. The fourth-order valence-corrected chi connectivity index (χ4v) is 2.78. The number of nitriles is 1. The van der Waals surface area contributed by atoms with Crippen molar-refractivity contribution in [3.8, 4) is 6.07 Å². The molecule has 0 radical (unpaired) electrons. The van der Waals surface area contributed by atoms with Gasteiger partial charge in [0.2, 0.25) is 5.91 Å². The third-order valence-corrected chi connectivity index (χ3v) is 3.84. The van der Waals surface area contributed by atoms with Gasteiger partial charge in [0, 0.05) is 6.07 Å². The molecule has 0 aliphatic carbocycles. The van der Waals surface area contributed by atoms with Gasteiger partial charge < -0.3 is 5.32 Å². The molecule has 3 rings (SSSR count). The maximum absolute atomic E-state index is 12.4. The van der Waals surface area contributed by atoms with Gasteiger partial charge in [0.15, 0.2) is 0 Å². The summed E-state index contributed by atoms with van der Waals surface area (Å²) in [4.78, 5) is 12.4. The van der Waals surface area contributed by atoms with Gasteiger partial charge in [-0.2, -0.15) is 10.4 Å². The van der Waals surface area contributed by atoms with Gasteiger partial charge in [-0.05, 0) is 23.3 Å². The van der Waals surface area contributed by atoms with E-state index in [-0.39, 0.29) is 5.91 Å². The minimum absolute atomic E-state index is 0.0931. The van der Waals surface area contributed by atoms with E-state index in [4.69, 9.17) is 5.26 Å². The third-order valence-electron chi connectivity index (χ3n) is 3.84. The molecular weight excluding hydrogens is 300 g/mol. The van der Waals surface area contributed by atoms with E-state index in [0.717, 1.165) is 22.0 Å². The molecule has 24 heavy (non-hydrogen) atoms. The average Bonchev–Trinajstić information content (AvgIpc) is 2.92. The number of benzene rings is 2.